The zero-order valence-electron chi connectivity index (χ0n) is 17.6. The van der Waals surface area contributed by atoms with Crippen molar-refractivity contribution in [3.8, 4) is 28.6 Å². The number of methoxy groups -OCH3 is 1. The summed E-state index contributed by atoms with van der Waals surface area (Å²) < 4.78 is 16.1. The van der Waals surface area contributed by atoms with E-state index in [1.54, 1.807) is 7.11 Å². The van der Waals surface area contributed by atoms with Crippen LogP contribution in [0.25, 0.3) is 11.4 Å². The molecule has 2 aliphatic heterocycles. The van der Waals surface area contributed by atoms with E-state index in [1.807, 2.05) is 48.8 Å². The summed E-state index contributed by atoms with van der Waals surface area (Å²) in [6.07, 6.45) is 6.17. The van der Waals surface area contributed by atoms with E-state index >= 15 is 0 Å². The van der Waals surface area contributed by atoms with Gasteiger partial charge in [-0.15, -0.1) is 0 Å². The Kier molecular flexibility index (Phi) is 5.58. The molecule has 2 aliphatic rings. The van der Waals surface area contributed by atoms with E-state index in [9.17, 15) is 0 Å². The maximum absolute atomic E-state index is 5.49. The number of fused-ring (bicyclic) bond motifs is 1. The lowest BCUT2D eigenvalue weighted by atomic mass is 10.0. The molecule has 0 spiro atoms. The molecule has 0 amide bonds. The first-order valence-corrected chi connectivity index (χ1v) is 10.6. The maximum atomic E-state index is 5.49. The largest absolute Gasteiger partial charge is 0.497 e. The number of anilines is 1. The van der Waals surface area contributed by atoms with Crippen LogP contribution in [-0.4, -0.2) is 47.9 Å². The molecule has 3 aromatic rings. The minimum atomic E-state index is 0.301. The fraction of sp³-hybridized carbons (Fsp3) is 0.333. The molecule has 5 rings (SSSR count). The van der Waals surface area contributed by atoms with Crippen molar-refractivity contribution in [2.24, 2.45) is 0 Å². The van der Waals surface area contributed by atoms with Crippen molar-refractivity contribution in [1.82, 2.24) is 14.9 Å². The van der Waals surface area contributed by atoms with Gasteiger partial charge in [0.15, 0.2) is 17.3 Å². The minimum Gasteiger partial charge on any atom is -0.497 e. The average molecular weight is 418 g/mol. The quantitative estimate of drug-likeness (QED) is 0.650. The van der Waals surface area contributed by atoms with Gasteiger partial charge in [-0.2, -0.15) is 0 Å². The molecule has 1 atom stereocenters. The second kappa shape index (κ2) is 8.81. The van der Waals surface area contributed by atoms with Crippen LogP contribution in [0, 0.1) is 0 Å². The van der Waals surface area contributed by atoms with Crippen molar-refractivity contribution in [2.45, 2.75) is 25.4 Å². The number of rotatable bonds is 6. The van der Waals surface area contributed by atoms with Crippen LogP contribution in [0.2, 0.25) is 0 Å². The zero-order valence-corrected chi connectivity index (χ0v) is 17.6. The third-order valence-electron chi connectivity index (χ3n) is 5.71. The highest BCUT2D eigenvalue weighted by atomic mass is 16.7. The summed E-state index contributed by atoms with van der Waals surface area (Å²) >= 11 is 0. The van der Waals surface area contributed by atoms with E-state index in [-0.39, 0.29) is 0 Å². The standard InChI is InChI=1S/C24H26N4O3/c1-29-21-7-4-18(5-8-21)24-25-12-17(13-26-24)14-28-10-2-3-20(15-28)27-19-6-9-22-23(11-19)31-16-30-22/h4-9,11-13,20,27H,2-3,10,14-16H2,1H3/t20-/m1/s1. The van der Waals surface area contributed by atoms with E-state index in [1.165, 1.54) is 0 Å². The molecule has 0 aliphatic carbocycles. The second-order valence-electron chi connectivity index (χ2n) is 7.93. The lowest BCUT2D eigenvalue weighted by molar-refractivity contribution is 0.174. The zero-order chi connectivity index (χ0) is 21.0. The molecular formula is C24H26N4O3. The topological polar surface area (TPSA) is 68.7 Å². The molecular weight excluding hydrogens is 392 g/mol. The van der Waals surface area contributed by atoms with Crippen LogP contribution in [-0.2, 0) is 6.54 Å². The Morgan fingerprint density at radius 3 is 2.68 bits per heavy atom. The van der Waals surface area contributed by atoms with Crippen molar-refractivity contribution in [3.63, 3.8) is 0 Å². The highest BCUT2D eigenvalue weighted by molar-refractivity contribution is 5.56. The number of piperidine rings is 1. The van der Waals surface area contributed by atoms with Crippen molar-refractivity contribution in [1.29, 1.82) is 0 Å². The molecule has 1 N–H and O–H groups in total. The number of aromatic nitrogens is 2. The van der Waals surface area contributed by atoms with E-state index < -0.39 is 0 Å². The Balaban J connectivity index is 1.19. The SMILES string of the molecule is COc1ccc(-c2ncc(CN3CCC[C@@H](Nc4ccc5c(c4)OCO5)C3)cn2)cc1. The first-order valence-electron chi connectivity index (χ1n) is 10.6. The molecule has 3 heterocycles. The van der Waals surface area contributed by atoms with E-state index in [0.29, 0.717) is 12.8 Å². The van der Waals surface area contributed by atoms with Gasteiger partial charge in [-0.1, -0.05) is 0 Å². The van der Waals surface area contributed by atoms with Crippen LogP contribution in [0.3, 0.4) is 0 Å². The molecule has 0 unspecified atom stereocenters. The Bertz CT molecular complexity index is 1020. The molecule has 2 aromatic carbocycles. The predicted octanol–water partition coefficient (Wildman–Crippen LogP) is 3.96. The van der Waals surface area contributed by atoms with E-state index in [4.69, 9.17) is 14.2 Å². The summed E-state index contributed by atoms with van der Waals surface area (Å²) in [7, 11) is 1.66. The Labute approximate surface area is 182 Å². The summed E-state index contributed by atoms with van der Waals surface area (Å²) in [5.41, 5.74) is 3.18. The third-order valence-corrected chi connectivity index (χ3v) is 5.71. The number of benzene rings is 2. The molecule has 0 bridgehead atoms. The summed E-state index contributed by atoms with van der Waals surface area (Å²) in [5.74, 6) is 3.18. The lowest BCUT2D eigenvalue weighted by Gasteiger charge is -2.33. The Morgan fingerprint density at radius 2 is 1.87 bits per heavy atom. The summed E-state index contributed by atoms with van der Waals surface area (Å²) in [6.45, 7) is 3.21. The third kappa shape index (κ3) is 4.56. The van der Waals surface area contributed by atoms with Gasteiger partial charge < -0.3 is 19.5 Å². The van der Waals surface area contributed by atoms with Gasteiger partial charge in [0.05, 0.1) is 7.11 Å². The van der Waals surface area contributed by atoms with Crippen LogP contribution in [0.4, 0.5) is 5.69 Å². The number of nitrogens with zero attached hydrogens (tertiary/aromatic N) is 3. The fourth-order valence-electron chi connectivity index (χ4n) is 4.12. The predicted molar refractivity (Wildman–Crippen MR) is 119 cm³/mol. The molecule has 0 saturated carbocycles. The molecule has 0 radical (unpaired) electrons. The average Bonchev–Trinajstić information content (AvgIpc) is 3.28. The van der Waals surface area contributed by atoms with Crippen molar-refractivity contribution in [2.75, 3.05) is 32.3 Å². The van der Waals surface area contributed by atoms with Gasteiger partial charge in [0.1, 0.15) is 5.75 Å². The summed E-state index contributed by atoms with van der Waals surface area (Å²) in [6, 6.07) is 14.2. The number of likely N-dealkylation sites (tertiary alicyclic amines) is 1. The van der Waals surface area contributed by atoms with E-state index in [0.717, 1.165) is 72.4 Å². The smallest absolute Gasteiger partial charge is 0.231 e. The van der Waals surface area contributed by atoms with Crippen LogP contribution < -0.4 is 19.5 Å². The molecule has 31 heavy (non-hydrogen) atoms. The van der Waals surface area contributed by atoms with Gasteiger partial charge in [-0.25, -0.2) is 9.97 Å². The van der Waals surface area contributed by atoms with Gasteiger partial charge in [-0.3, -0.25) is 4.90 Å². The fourth-order valence-corrected chi connectivity index (χ4v) is 4.12. The molecule has 1 aromatic heterocycles. The highest BCUT2D eigenvalue weighted by Gasteiger charge is 2.21. The van der Waals surface area contributed by atoms with Crippen molar-refractivity contribution < 1.29 is 14.2 Å². The Hall–Kier alpha value is -3.32. The summed E-state index contributed by atoms with van der Waals surface area (Å²) in [5, 5.41) is 3.65. The number of hydrogen-bond donors (Lipinski definition) is 1. The van der Waals surface area contributed by atoms with Gasteiger partial charge in [0.25, 0.3) is 0 Å². The molecule has 1 fully saturated rings. The van der Waals surface area contributed by atoms with Crippen molar-refractivity contribution in [3.05, 3.63) is 60.4 Å². The van der Waals surface area contributed by atoms with E-state index in [2.05, 4.69) is 26.3 Å². The molecule has 160 valence electrons. The van der Waals surface area contributed by atoms with Gasteiger partial charge in [0.2, 0.25) is 6.79 Å². The lowest BCUT2D eigenvalue weighted by Crippen LogP contribution is -2.41. The van der Waals surface area contributed by atoms with Crippen LogP contribution >= 0.6 is 0 Å². The first kappa shape index (κ1) is 19.6. The van der Waals surface area contributed by atoms with Gasteiger partial charge in [-0.05, 0) is 55.8 Å². The normalized spacial score (nSPS) is 18.0. The van der Waals surface area contributed by atoms with Crippen LogP contribution in [0.1, 0.15) is 18.4 Å². The van der Waals surface area contributed by atoms with Crippen LogP contribution in [0.15, 0.2) is 54.9 Å². The van der Waals surface area contributed by atoms with Gasteiger partial charge in [0, 0.05) is 54.4 Å². The maximum Gasteiger partial charge on any atom is 0.231 e. The molecule has 7 nitrogen and oxygen atoms in total. The number of ether oxygens (including phenoxy) is 3. The highest BCUT2D eigenvalue weighted by Crippen LogP contribution is 2.34. The second-order valence-corrected chi connectivity index (χ2v) is 7.93. The Morgan fingerprint density at radius 1 is 1.06 bits per heavy atom. The summed E-state index contributed by atoms with van der Waals surface area (Å²) in [4.78, 5) is 11.6. The first-order chi connectivity index (χ1) is 15.3. The van der Waals surface area contributed by atoms with Crippen molar-refractivity contribution >= 4 is 5.69 Å². The van der Waals surface area contributed by atoms with Crippen LogP contribution in [0.5, 0.6) is 17.2 Å². The molecule has 7 heteroatoms. The van der Waals surface area contributed by atoms with Gasteiger partial charge >= 0.3 is 0 Å². The number of hydrogen-bond acceptors (Lipinski definition) is 7. The minimum absolute atomic E-state index is 0.301. The monoisotopic (exact) mass is 418 g/mol. The number of nitrogens with one attached hydrogen (secondary N) is 1. The molecule has 1 saturated heterocycles.